The van der Waals surface area contributed by atoms with Crippen LogP contribution < -0.4 is 15.8 Å². The van der Waals surface area contributed by atoms with Crippen molar-refractivity contribution in [3.63, 3.8) is 0 Å². The normalized spacial score (nSPS) is 11.7. The molecule has 0 saturated carbocycles. The maximum atomic E-state index is 11.6. The zero-order valence-electron chi connectivity index (χ0n) is 9.92. The summed E-state index contributed by atoms with van der Waals surface area (Å²) in [6.45, 7) is 2.19. The van der Waals surface area contributed by atoms with Crippen molar-refractivity contribution in [3.8, 4) is 5.88 Å². The van der Waals surface area contributed by atoms with Crippen LogP contribution in [0, 0.1) is 0 Å². The van der Waals surface area contributed by atoms with Gasteiger partial charge in [-0.3, -0.25) is 9.59 Å². The van der Waals surface area contributed by atoms with Gasteiger partial charge in [0.25, 0.3) is 0 Å². The highest BCUT2D eigenvalue weighted by Crippen LogP contribution is 2.20. The molecular formula is C11H15N3O4. The third-order valence-corrected chi connectivity index (χ3v) is 2.04. The van der Waals surface area contributed by atoms with Crippen LogP contribution >= 0.6 is 0 Å². The zero-order valence-corrected chi connectivity index (χ0v) is 9.92. The van der Waals surface area contributed by atoms with Gasteiger partial charge in [0.2, 0.25) is 11.8 Å². The van der Waals surface area contributed by atoms with Crippen LogP contribution in [0.25, 0.3) is 0 Å². The van der Waals surface area contributed by atoms with Gasteiger partial charge in [-0.25, -0.2) is 4.98 Å². The minimum Gasteiger partial charge on any atom is -0.481 e. The van der Waals surface area contributed by atoms with Crippen LogP contribution in [-0.4, -0.2) is 34.6 Å². The Kier molecular flexibility index (Phi) is 5.06. The third-order valence-electron chi connectivity index (χ3n) is 2.04. The summed E-state index contributed by atoms with van der Waals surface area (Å²) >= 11 is 0. The number of carbonyl (C=O) groups excluding carboxylic acids is 1. The summed E-state index contributed by atoms with van der Waals surface area (Å²) in [6, 6.07) is 2.11. The fourth-order valence-electron chi connectivity index (χ4n) is 1.24. The molecule has 1 atom stereocenters. The SMILES string of the molecule is CCOc1ncccc1NC(=O)C(N)CC(=O)O. The van der Waals surface area contributed by atoms with Gasteiger partial charge in [-0.05, 0) is 19.1 Å². The number of carboxylic acids is 1. The van der Waals surface area contributed by atoms with Crippen molar-refractivity contribution < 1.29 is 19.4 Å². The average molecular weight is 253 g/mol. The Hall–Kier alpha value is -2.15. The molecule has 18 heavy (non-hydrogen) atoms. The summed E-state index contributed by atoms with van der Waals surface area (Å²) in [5.41, 5.74) is 5.80. The Bertz CT molecular complexity index is 436. The molecule has 1 unspecified atom stereocenters. The first kappa shape index (κ1) is 13.9. The summed E-state index contributed by atoms with van der Waals surface area (Å²) in [6.07, 6.45) is 1.09. The van der Waals surface area contributed by atoms with Crippen molar-refractivity contribution in [2.75, 3.05) is 11.9 Å². The lowest BCUT2D eigenvalue weighted by atomic mass is 10.2. The molecule has 0 saturated heterocycles. The lowest BCUT2D eigenvalue weighted by Crippen LogP contribution is -2.37. The van der Waals surface area contributed by atoms with Crippen molar-refractivity contribution in [3.05, 3.63) is 18.3 Å². The smallest absolute Gasteiger partial charge is 0.305 e. The first-order valence-electron chi connectivity index (χ1n) is 5.40. The van der Waals surface area contributed by atoms with Crippen molar-refractivity contribution in [2.24, 2.45) is 5.73 Å². The first-order chi connectivity index (χ1) is 8.54. The van der Waals surface area contributed by atoms with Crippen molar-refractivity contribution in [2.45, 2.75) is 19.4 Å². The van der Waals surface area contributed by atoms with E-state index in [9.17, 15) is 9.59 Å². The van der Waals surface area contributed by atoms with E-state index in [1.807, 2.05) is 0 Å². The largest absolute Gasteiger partial charge is 0.481 e. The Labute approximate surface area is 104 Å². The predicted octanol–water partition coefficient (Wildman–Crippen LogP) is 0.221. The number of aromatic nitrogens is 1. The number of hydrogen-bond acceptors (Lipinski definition) is 5. The van der Waals surface area contributed by atoms with E-state index in [2.05, 4.69) is 10.3 Å². The van der Waals surface area contributed by atoms with Gasteiger partial charge in [0.1, 0.15) is 5.69 Å². The summed E-state index contributed by atoms with van der Waals surface area (Å²) in [4.78, 5) is 26.0. The molecule has 0 radical (unpaired) electrons. The maximum absolute atomic E-state index is 11.6. The molecule has 4 N–H and O–H groups in total. The second-order valence-corrected chi connectivity index (χ2v) is 3.48. The summed E-state index contributed by atoms with van der Waals surface area (Å²) in [7, 11) is 0. The highest BCUT2D eigenvalue weighted by Gasteiger charge is 2.18. The molecule has 0 aliphatic heterocycles. The number of pyridine rings is 1. The minimum atomic E-state index is -1.13. The number of anilines is 1. The first-order valence-corrected chi connectivity index (χ1v) is 5.40. The lowest BCUT2D eigenvalue weighted by molar-refractivity contribution is -0.138. The van der Waals surface area contributed by atoms with Crippen LogP contribution in [0.1, 0.15) is 13.3 Å². The summed E-state index contributed by atoms with van der Waals surface area (Å²) < 4.78 is 5.22. The minimum absolute atomic E-state index is 0.274. The molecule has 1 aromatic heterocycles. The molecule has 7 heteroatoms. The van der Waals surface area contributed by atoms with Crippen LogP contribution in [0.4, 0.5) is 5.69 Å². The monoisotopic (exact) mass is 253 g/mol. The van der Waals surface area contributed by atoms with Gasteiger partial charge >= 0.3 is 5.97 Å². The van der Waals surface area contributed by atoms with E-state index in [0.29, 0.717) is 12.3 Å². The van der Waals surface area contributed by atoms with E-state index >= 15 is 0 Å². The Morgan fingerprint density at radius 2 is 2.33 bits per heavy atom. The van der Waals surface area contributed by atoms with E-state index in [-0.39, 0.29) is 5.88 Å². The Morgan fingerprint density at radius 1 is 1.61 bits per heavy atom. The van der Waals surface area contributed by atoms with Crippen LogP contribution in [0.3, 0.4) is 0 Å². The standard InChI is InChI=1S/C11H15N3O4/c1-2-18-11-8(4-3-5-13-11)14-10(17)7(12)6-9(15)16/h3-5,7H,2,6,12H2,1H3,(H,14,17)(H,15,16). The Morgan fingerprint density at radius 3 is 2.94 bits per heavy atom. The molecule has 98 valence electrons. The van der Waals surface area contributed by atoms with Gasteiger partial charge in [0.05, 0.1) is 19.1 Å². The van der Waals surface area contributed by atoms with Gasteiger partial charge in [0, 0.05) is 6.20 Å². The maximum Gasteiger partial charge on any atom is 0.305 e. The molecular weight excluding hydrogens is 238 g/mol. The number of aliphatic carboxylic acids is 1. The van der Waals surface area contributed by atoms with E-state index in [1.165, 1.54) is 6.20 Å². The molecule has 1 aromatic rings. The van der Waals surface area contributed by atoms with Gasteiger partial charge < -0.3 is 20.9 Å². The molecule has 0 spiro atoms. The van der Waals surface area contributed by atoms with Gasteiger partial charge in [-0.15, -0.1) is 0 Å². The van der Waals surface area contributed by atoms with E-state index in [0.717, 1.165) is 0 Å². The number of carbonyl (C=O) groups is 2. The number of nitrogens with two attached hydrogens (primary N) is 1. The molecule has 0 fully saturated rings. The third kappa shape index (κ3) is 4.02. The average Bonchev–Trinajstić information content (AvgIpc) is 2.31. The second kappa shape index (κ2) is 6.55. The molecule has 7 nitrogen and oxygen atoms in total. The molecule has 0 aliphatic rings. The number of nitrogens with one attached hydrogen (secondary N) is 1. The predicted molar refractivity (Wildman–Crippen MR) is 64.3 cm³/mol. The van der Waals surface area contributed by atoms with Crippen molar-refractivity contribution in [1.29, 1.82) is 0 Å². The summed E-state index contributed by atoms with van der Waals surface area (Å²) in [5, 5.41) is 11.0. The molecule has 1 amide bonds. The number of carboxylic acid groups (broad SMARTS) is 1. The number of hydrogen-bond donors (Lipinski definition) is 3. The fraction of sp³-hybridized carbons (Fsp3) is 0.364. The van der Waals surface area contributed by atoms with Gasteiger partial charge in [0.15, 0.2) is 0 Å². The fourth-order valence-corrected chi connectivity index (χ4v) is 1.24. The highest BCUT2D eigenvalue weighted by molar-refractivity contribution is 5.97. The molecule has 1 rings (SSSR count). The number of amides is 1. The number of nitrogens with zero attached hydrogens (tertiary/aromatic N) is 1. The molecule has 1 heterocycles. The second-order valence-electron chi connectivity index (χ2n) is 3.48. The summed E-state index contributed by atoms with van der Waals surface area (Å²) in [5.74, 6) is -1.45. The van der Waals surface area contributed by atoms with Crippen LogP contribution in [0.15, 0.2) is 18.3 Å². The number of ether oxygens (including phenoxy) is 1. The molecule has 0 aromatic carbocycles. The van der Waals surface area contributed by atoms with Crippen LogP contribution in [-0.2, 0) is 9.59 Å². The van der Waals surface area contributed by atoms with Gasteiger partial charge in [-0.2, -0.15) is 0 Å². The van der Waals surface area contributed by atoms with Crippen LogP contribution in [0.5, 0.6) is 5.88 Å². The topological polar surface area (TPSA) is 115 Å². The Balaban J connectivity index is 2.72. The van der Waals surface area contributed by atoms with E-state index in [1.54, 1.807) is 19.1 Å². The lowest BCUT2D eigenvalue weighted by Gasteiger charge is -2.12. The molecule has 0 aliphatic carbocycles. The molecule has 0 bridgehead atoms. The van der Waals surface area contributed by atoms with E-state index in [4.69, 9.17) is 15.6 Å². The zero-order chi connectivity index (χ0) is 13.5. The quantitative estimate of drug-likeness (QED) is 0.668. The number of rotatable bonds is 6. The highest BCUT2D eigenvalue weighted by atomic mass is 16.5. The van der Waals surface area contributed by atoms with E-state index < -0.39 is 24.3 Å². The van der Waals surface area contributed by atoms with Crippen molar-refractivity contribution in [1.82, 2.24) is 4.98 Å². The van der Waals surface area contributed by atoms with Gasteiger partial charge in [-0.1, -0.05) is 0 Å². The van der Waals surface area contributed by atoms with Crippen molar-refractivity contribution >= 4 is 17.6 Å². The van der Waals surface area contributed by atoms with Crippen LogP contribution in [0.2, 0.25) is 0 Å².